The standard InChI is InChI=1S/C12H16N2O2S/c15-17(16)9-11(14-7-5-13-6-8-14)10-3-1-2-4-12(10)17/h1-4,11,13H,5-9H2. The first-order valence-electron chi connectivity index (χ1n) is 5.95. The van der Waals surface area contributed by atoms with E-state index in [9.17, 15) is 8.42 Å². The number of benzene rings is 1. The predicted molar refractivity (Wildman–Crippen MR) is 65.7 cm³/mol. The Bertz CT molecular complexity index is 521. The van der Waals surface area contributed by atoms with E-state index in [0.717, 1.165) is 31.7 Å². The molecule has 0 radical (unpaired) electrons. The molecule has 0 spiro atoms. The Balaban J connectivity index is 1.99. The molecule has 92 valence electrons. The number of fused-ring (bicyclic) bond motifs is 1. The lowest BCUT2D eigenvalue weighted by molar-refractivity contribution is 0.188. The van der Waals surface area contributed by atoms with E-state index in [1.54, 1.807) is 12.1 Å². The van der Waals surface area contributed by atoms with E-state index in [0.29, 0.717) is 4.90 Å². The van der Waals surface area contributed by atoms with Crippen LogP contribution in [0.2, 0.25) is 0 Å². The molecular weight excluding hydrogens is 236 g/mol. The summed E-state index contributed by atoms with van der Waals surface area (Å²) in [6, 6.07) is 7.46. The van der Waals surface area contributed by atoms with Crippen molar-refractivity contribution >= 4 is 9.84 Å². The van der Waals surface area contributed by atoms with Crippen molar-refractivity contribution in [1.29, 1.82) is 0 Å². The summed E-state index contributed by atoms with van der Waals surface area (Å²) in [6.45, 7) is 3.74. The van der Waals surface area contributed by atoms with Crippen LogP contribution < -0.4 is 5.32 Å². The van der Waals surface area contributed by atoms with Crippen molar-refractivity contribution < 1.29 is 8.42 Å². The molecule has 2 heterocycles. The van der Waals surface area contributed by atoms with Gasteiger partial charge in [-0.25, -0.2) is 8.42 Å². The van der Waals surface area contributed by atoms with Gasteiger partial charge < -0.3 is 5.32 Å². The molecule has 0 aromatic heterocycles. The Labute approximate surface area is 102 Å². The second-order valence-corrected chi connectivity index (χ2v) is 6.62. The topological polar surface area (TPSA) is 49.4 Å². The summed E-state index contributed by atoms with van der Waals surface area (Å²) < 4.78 is 24.1. The van der Waals surface area contributed by atoms with Crippen LogP contribution in [0.25, 0.3) is 0 Å². The van der Waals surface area contributed by atoms with Crippen molar-refractivity contribution in [2.45, 2.75) is 10.9 Å². The zero-order valence-electron chi connectivity index (χ0n) is 9.59. The highest BCUT2D eigenvalue weighted by Crippen LogP contribution is 2.36. The molecule has 0 saturated carbocycles. The molecule has 3 rings (SSSR count). The van der Waals surface area contributed by atoms with Crippen LogP contribution in [0.5, 0.6) is 0 Å². The predicted octanol–water partition coefficient (Wildman–Crippen LogP) is 0.420. The summed E-state index contributed by atoms with van der Waals surface area (Å²) >= 11 is 0. The molecule has 1 atom stereocenters. The van der Waals surface area contributed by atoms with Crippen molar-refractivity contribution in [2.24, 2.45) is 0 Å². The maximum absolute atomic E-state index is 12.1. The third kappa shape index (κ3) is 1.88. The molecule has 0 amide bonds. The fourth-order valence-corrected chi connectivity index (χ4v) is 4.56. The van der Waals surface area contributed by atoms with E-state index >= 15 is 0 Å². The van der Waals surface area contributed by atoms with Crippen LogP contribution in [0.15, 0.2) is 29.2 Å². The summed E-state index contributed by atoms with van der Waals surface area (Å²) in [5.41, 5.74) is 0.981. The Kier molecular flexibility index (Phi) is 2.69. The van der Waals surface area contributed by atoms with Crippen LogP contribution in [0.4, 0.5) is 0 Å². The van der Waals surface area contributed by atoms with Gasteiger partial charge in [0.2, 0.25) is 0 Å². The van der Waals surface area contributed by atoms with Gasteiger partial charge in [0.05, 0.1) is 16.7 Å². The first-order valence-corrected chi connectivity index (χ1v) is 7.60. The molecule has 1 unspecified atom stereocenters. The highest BCUT2D eigenvalue weighted by atomic mass is 32.2. The normalized spacial score (nSPS) is 27.9. The molecule has 1 aromatic carbocycles. The van der Waals surface area contributed by atoms with Gasteiger partial charge in [0.1, 0.15) is 0 Å². The summed E-state index contributed by atoms with van der Waals surface area (Å²) in [5, 5.41) is 3.29. The first kappa shape index (κ1) is 11.2. The molecule has 0 aliphatic carbocycles. The van der Waals surface area contributed by atoms with E-state index in [4.69, 9.17) is 0 Å². The monoisotopic (exact) mass is 252 g/mol. The molecule has 5 heteroatoms. The average Bonchev–Trinajstić information content (AvgIpc) is 2.64. The van der Waals surface area contributed by atoms with Crippen molar-refractivity contribution in [3.8, 4) is 0 Å². The number of nitrogens with one attached hydrogen (secondary N) is 1. The number of sulfone groups is 1. The van der Waals surface area contributed by atoms with E-state index in [1.807, 2.05) is 12.1 Å². The van der Waals surface area contributed by atoms with Crippen molar-refractivity contribution in [1.82, 2.24) is 10.2 Å². The second kappa shape index (κ2) is 4.08. The fourth-order valence-electron chi connectivity index (χ4n) is 2.72. The Morgan fingerprint density at radius 3 is 2.65 bits per heavy atom. The number of nitrogens with zero attached hydrogens (tertiary/aromatic N) is 1. The Hall–Kier alpha value is -0.910. The minimum absolute atomic E-state index is 0.0540. The quantitative estimate of drug-likeness (QED) is 0.787. The van der Waals surface area contributed by atoms with Gasteiger partial charge >= 0.3 is 0 Å². The van der Waals surface area contributed by atoms with Crippen LogP contribution in [-0.2, 0) is 9.84 Å². The summed E-state index contributed by atoms with van der Waals surface area (Å²) in [4.78, 5) is 2.81. The fraction of sp³-hybridized carbons (Fsp3) is 0.500. The molecular formula is C12H16N2O2S. The number of hydrogen-bond donors (Lipinski definition) is 1. The zero-order valence-corrected chi connectivity index (χ0v) is 10.4. The molecule has 1 N–H and O–H groups in total. The lowest BCUT2D eigenvalue weighted by atomic mass is 10.1. The molecule has 0 bridgehead atoms. The van der Waals surface area contributed by atoms with Crippen LogP contribution in [-0.4, -0.2) is 45.2 Å². The van der Waals surface area contributed by atoms with Crippen molar-refractivity contribution in [2.75, 3.05) is 31.9 Å². The van der Waals surface area contributed by atoms with Gasteiger partial charge in [-0.3, -0.25) is 4.90 Å². The van der Waals surface area contributed by atoms with E-state index in [-0.39, 0.29) is 11.8 Å². The van der Waals surface area contributed by atoms with Crippen LogP contribution in [0, 0.1) is 0 Å². The van der Waals surface area contributed by atoms with Gasteiger partial charge in [0.15, 0.2) is 9.84 Å². The molecule has 17 heavy (non-hydrogen) atoms. The number of rotatable bonds is 1. The summed E-state index contributed by atoms with van der Waals surface area (Å²) in [5.74, 6) is 0.242. The molecule has 1 saturated heterocycles. The van der Waals surface area contributed by atoms with E-state index in [2.05, 4.69) is 10.2 Å². The molecule has 2 aliphatic rings. The minimum Gasteiger partial charge on any atom is -0.314 e. The van der Waals surface area contributed by atoms with Gasteiger partial charge in [-0.15, -0.1) is 0 Å². The van der Waals surface area contributed by atoms with E-state index < -0.39 is 9.84 Å². The summed E-state index contributed by atoms with van der Waals surface area (Å²) in [7, 11) is -3.07. The van der Waals surface area contributed by atoms with Gasteiger partial charge in [-0.05, 0) is 11.6 Å². The summed E-state index contributed by atoms with van der Waals surface area (Å²) in [6.07, 6.45) is 0. The third-order valence-electron chi connectivity index (χ3n) is 3.58. The van der Waals surface area contributed by atoms with Crippen LogP contribution in [0.3, 0.4) is 0 Å². The smallest absolute Gasteiger partial charge is 0.180 e. The van der Waals surface area contributed by atoms with Gasteiger partial charge in [0, 0.05) is 26.2 Å². The largest absolute Gasteiger partial charge is 0.314 e. The Morgan fingerprint density at radius 2 is 1.88 bits per heavy atom. The third-order valence-corrected chi connectivity index (χ3v) is 5.38. The molecule has 4 nitrogen and oxygen atoms in total. The second-order valence-electron chi connectivity index (χ2n) is 4.62. The van der Waals surface area contributed by atoms with Crippen molar-refractivity contribution in [3.63, 3.8) is 0 Å². The highest BCUT2D eigenvalue weighted by molar-refractivity contribution is 7.91. The maximum Gasteiger partial charge on any atom is 0.180 e. The lowest BCUT2D eigenvalue weighted by Crippen LogP contribution is -2.45. The molecule has 1 aromatic rings. The van der Waals surface area contributed by atoms with Crippen molar-refractivity contribution in [3.05, 3.63) is 29.8 Å². The maximum atomic E-state index is 12.1. The van der Waals surface area contributed by atoms with Gasteiger partial charge in [-0.2, -0.15) is 0 Å². The highest BCUT2D eigenvalue weighted by Gasteiger charge is 2.37. The number of piperazine rings is 1. The first-order chi connectivity index (χ1) is 8.18. The van der Waals surface area contributed by atoms with Gasteiger partial charge in [0.25, 0.3) is 0 Å². The zero-order chi connectivity index (χ0) is 11.9. The molecule has 1 fully saturated rings. The SMILES string of the molecule is O=S1(=O)CC(N2CCNCC2)c2ccccc21. The lowest BCUT2D eigenvalue weighted by Gasteiger charge is -2.32. The average molecular weight is 252 g/mol. The van der Waals surface area contributed by atoms with Crippen LogP contribution in [0.1, 0.15) is 11.6 Å². The number of hydrogen-bond acceptors (Lipinski definition) is 4. The van der Waals surface area contributed by atoms with E-state index in [1.165, 1.54) is 0 Å². The molecule has 2 aliphatic heterocycles. The van der Waals surface area contributed by atoms with Crippen LogP contribution >= 0.6 is 0 Å². The van der Waals surface area contributed by atoms with Gasteiger partial charge in [-0.1, -0.05) is 18.2 Å². The minimum atomic E-state index is -3.07. The Morgan fingerprint density at radius 1 is 1.18 bits per heavy atom.